The molecule has 2 aromatic carbocycles. The van der Waals surface area contributed by atoms with Crippen molar-refractivity contribution in [1.29, 1.82) is 0 Å². The van der Waals surface area contributed by atoms with E-state index in [0.29, 0.717) is 11.5 Å². The largest absolute Gasteiger partial charge is 0.507 e. The number of phenols is 1. The number of rotatable bonds is 5. The van der Waals surface area contributed by atoms with Gasteiger partial charge >= 0.3 is 5.97 Å². The fourth-order valence-corrected chi connectivity index (χ4v) is 1.96. The molecule has 1 unspecified atom stereocenters. The van der Waals surface area contributed by atoms with Crippen molar-refractivity contribution in [2.45, 2.75) is 27.1 Å². The minimum absolute atomic E-state index is 0.171. The average Bonchev–Trinajstić information content (AvgIpc) is 2.42. The maximum absolute atomic E-state index is 10.8. The van der Waals surface area contributed by atoms with Crippen LogP contribution < -0.4 is 9.47 Å². The SMILES string of the molecule is Cc1ccc(OC(C)Oc2ccc(C(=O)O)c(O)c2)cc1C. The van der Waals surface area contributed by atoms with Gasteiger partial charge in [-0.15, -0.1) is 0 Å². The summed E-state index contributed by atoms with van der Waals surface area (Å²) in [7, 11) is 0. The molecule has 116 valence electrons. The van der Waals surface area contributed by atoms with E-state index in [-0.39, 0.29) is 11.3 Å². The van der Waals surface area contributed by atoms with Crippen molar-refractivity contribution >= 4 is 5.97 Å². The summed E-state index contributed by atoms with van der Waals surface area (Å²) in [5, 5.41) is 18.5. The molecule has 0 radical (unpaired) electrons. The van der Waals surface area contributed by atoms with Gasteiger partial charge < -0.3 is 19.7 Å². The Balaban J connectivity index is 2.05. The Morgan fingerprint density at radius 1 is 1.00 bits per heavy atom. The molecule has 0 fully saturated rings. The van der Waals surface area contributed by atoms with Crippen molar-refractivity contribution in [1.82, 2.24) is 0 Å². The number of benzene rings is 2. The highest BCUT2D eigenvalue weighted by Crippen LogP contribution is 2.25. The lowest BCUT2D eigenvalue weighted by molar-refractivity contribution is 0.0221. The van der Waals surface area contributed by atoms with Gasteiger partial charge in [-0.05, 0) is 49.2 Å². The molecule has 0 spiro atoms. The second-order valence-electron chi connectivity index (χ2n) is 5.03. The molecule has 5 nitrogen and oxygen atoms in total. The maximum atomic E-state index is 10.8. The Labute approximate surface area is 128 Å². The van der Waals surface area contributed by atoms with E-state index >= 15 is 0 Å². The Kier molecular flexibility index (Phi) is 4.56. The predicted octanol–water partition coefficient (Wildman–Crippen LogP) is 3.51. The van der Waals surface area contributed by atoms with Crippen LogP contribution in [-0.4, -0.2) is 22.5 Å². The van der Waals surface area contributed by atoms with Crippen molar-refractivity contribution in [3.63, 3.8) is 0 Å². The van der Waals surface area contributed by atoms with E-state index in [9.17, 15) is 9.90 Å². The molecule has 0 amide bonds. The van der Waals surface area contributed by atoms with E-state index in [1.165, 1.54) is 23.8 Å². The van der Waals surface area contributed by atoms with Crippen molar-refractivity contribution in [3.05, 3.63) is 53.1 Å². The molecule has 0 saturated heterocycles. The third-order valence-corrected chi connectivity index (χ3v) is 3.28. The van der Waals surface area contributed by atoms with Crippen LogP contribution in [-0.2, 0) is 0 Å². The first-order valence-corrected chi connectivity index (χ1v) is 6.83. The molecule has 0 saturated carbocycles. The highest BCUT2D eigenvalue weighted by atomic mass is 16.7. The summed E-state index contributed by atoms with van der Waals surface area (Å²) in [6, 6.07) is 9.75. The van der Waals surface area contributed by atoms with Crippen LogP contribution in [0.15, 0.2) is 36.4 Å². The van der Waals surface area contributed by atoms with Crippen molar-refractivity contribution in [2.75, 3.05) is 0 Å². The van der Waals surface area contributed by atoms with Gasteiger partial charge in [0.05, 0.1) is 0 Å². The summed E-state index contributed by atoms with van der Waals surface area (Å²) < 4.78 is 11.2. The number of ether oxygens (including phenoxy) is 2. The van der Waals surface area contributed by atoms with E-state index in [4.69, 9.17) is 14.6 Å². The van der Waals surface area contributed by atoms with Gasteiger partial charge in [0.25, 0.3) is 0 Å². The number of hydrogen-bond acceptors (Lipinski definition) is 4. The zero-order valence-electron chi connectivity index (χ0n) is 12.7. The molecule has 2 rings (SSSR count). The Morgan fingerprint density at radius 2 is 1.59 bits per heavy atom. The Bertz CT molecular complexity index is 693. The summed E-state index contributed by atoms with van der Waals surface area (Å²) in [5.74, 6) is -0.521. The molecule has 2 aromatic rings. The van der Waals surface area contributed by atoms with E-state index < -0.39 is 12.3 Å². The Hall–Kier alpha value is -2.69. The van der Waals surface area contributed by atoms with Crippen LogP contribution in [0, 0.1) is 13.8 Å². The van der Waals surface area contributed by atoms with Gasteiger partial charge in [0.1, 0.15) is 22.8 Å². The molecule has 0 aliphatic rings. The van der Waals surface area contributed by atoms with E-state index in [1.54, 1.807) is 6.92 Å². The zero-order chi connectivity index (χ0) is 16.3. The summed E-state index contributed by atoms with van der Waals surface area (Å²) in [6.07, 6.45) is -0.586. The fraction of sp³-hybridized carbons (Fsp3) is 0.235. The number of carbonyl (C=O) groups is 1. The van der Waals surface area contributed by atoms with E-state index in [1.807, 2.05) is 32.0 Å². The highest BCUT2D eigenvalue weighted by molar-refractivity contribution is 5.90. The molecule has 1 atom stereocenters. The van der Waals surface area contributed by atoms with Crippen LogP contribution in [0.25, 0.3) is 0 Å². The van der Waals surface area contributed by atoms with Crippen LogP contribution in [0.1, 0.15) is 28.4 Å². The zero-order valence-corrected chi connectivity index (χ0v) is 12.7. The normalized spacial score (nSPS) is 11.8. The van der Waals surface area contributed by atoms with Crippen molar-refractivity contribution in [3.8, 4) is 17.2 Å². The molecule has 0 aliphatic carbocycles. The second-order valence-corrected chi connectivity index (χ2v) is 5.03. The van der Waals surface area contributed by atoms with Crippen molar-refractivity contribution in [2.24, 2.45) is 0 Å². The minimum atomic E-state index is -1.19. The fourth-order valence-electron chi connectivity index (χ4n) is 1.96. The summed E-state index contributed by atoms with van der Waals surface area (Å²) in [5.41, 5.74) is 2.12. The number of carboxylic acids is 1. The molecule has 0 aliphatic heterocycles. The second kappa shape index (κ2) is 6.39. The maximum Gasteiger partial charge on any atom is 0.339 e. The van der Waals surface area contributed by atoms with Crippen LogP contribution in [0.2, 0.25) is 0 Å². The number of hydrogen-bond donors (Lipinski definition) is 2. The molecule has 22 heavy (non-hydrogen) atoms. The van der Waals surface area contributed by atoms with Gasteiger partial charge in [0.2, 0.25) is 6.29 Å². The summed E-state index contributed by atoms with van der Waals surface area (Å²) >= 11 is 0. The first-order valence-electron chi connectivity index (χ1n) is 6.83. The number of carboxylic acid groups (broad SMARTS) is 1. The molecule has 2 N–H and O–H groups in total. The number of aromatic carboxylic acids is 1. The lowest BCUT2D eigenvalue weighted by atomic mass is 10.1. The Morgan fingerprint density at radius 3 is 2.14 bits per heavy atom. The lowest BCUT2D eigenvalue weighted by Gasteiger charge is -2.17. The number of aromatic hydroxyl groups is 1. The van der Waals surface area contributed by atoms with E-state index in [2.05, 4.69) is 0 Å². The first-order chi connectivity index (χ1) is 10.4. The van der Waals surface area contributed by atoms with E-state index in [0.717, 1.165) is 5.56 Å². The van der Waals surface area contributed by atoms with Crippen LogP contribution in [0.5, 0.6) is 17.2 Å². The average molecular weight is 302 g/mol. The molecular formula is C17H18O5. The highest BCUT2D eigenvalue weighted by Gasteiger charge is 2.12. The molecule has 0 heterocycles. The van der Waals surface area contributed by atoms with Gasteiger partial charge in [0, 0.05) is 13.0 Å². The third kappa shape index (κ3) is 3.69. The molecule has 0 aromatic heterocycles. The van der Waals surface area contributed by atoms with Gasteiger partial charge in [0.15, 0.2) is 0 Å². The monoisotopic (exact) mass is 302 g/mol. The molecule has 0 bridgehead atoms. The van der Waals surface area contributed by atoms with Crippen LogP contribution in [0.4, 0.5) is 0 Å². The first kappa shape index (κ1) is 15.7. The topological polar surface area (TPSA) is 76.0 Å². The molecular weight excluding hydrogens is 284 g/mol. The van der Waals surface area contributed by atoms with Gasteiger partial charge in [-0.1, -0.05) is 6.07 Å². The van der Waals surface area contributed by atoms with Crippen molar-refractivity contribution < 1.29 is 24.5 Å². The third-order valence-electron chi connectivity index (χ3n) is 3.28. The smallest absolute Gasteiger partial charge is 0.339 e. The summed E-state index contributed by atoms with van der Waals surface area (Å²) in [4.78, 5) is 10.8. The predicted molar refractivity (Wildman–Crippen MR) is 81.7 cm³/mol. The van der Waals surface area contributed by atoms with Gasteiger partial charge in [-0.3, -0.25) is 0 Å². The minimum Gasteiger partial charge on any atom is -0.507 e. The van der Waals surface area contributed by atoms with Crippen LogP contribution in [0.3, 0.4) is 0 Å². The van der Waals surface area contributed by atoms with Gasteiger partial charge in [-0.2, -0.15) is 0 Å². The lowest BCUT2D eigenvalue weighted by Crippen LogP contribution is -2.19. The summed E-state index contributed by atoms with van der Waals surface area (Å²) in [6.45, 7) is 5.74. The van der Waals surface area contributed by atoms with Crippen LogP contribution >= 0.6 is 0 Å². The number of aryl methyl sites for hydroxylation is 2. The quantitative estimate of drug-likeness (QED) is 0.827. The van der Waals surface area contributed by atoms with Gasteiger partial charge in [-0.25, -0.2) is 4.79 Å². The molecule has 5 heteroatoms. The standard InChI is InChI=1S/C17H18O5/c1-10-4-5-13(8-11(10)2)21-12(3)22-14-6-7-15(17(19)20)16(18)9-14/h4-9,12,18H,1-3H3,(H,19,20).